The van der Waals surface area contributed by atoms with Crippen molar-refractivity contribution in [1.29, 1.82) is 5.26 Å². The van der Waals surface area contributed by atoms with Crippen LogP contribution in [0.2, 0.25) is 0 Å². The van der Waals surface area contributed by atoms with Gasteiger partial charge in [-0.05, 0) is 41.2 Å². The van der Waals surface area contributed by atoms with Crippen molar-refractivity contribution in [2.24, 2.45) is 11.7 Å². The SMILES string of the molecule is CC(C)C[C@@H](C(N)=O)N(CC#N)[C@H](c1ccc(-c2ccncc2)cc1)C(F)(F)F. The highest BCUT2D eigenvalue weighted by atomic mass is 19.4. The molecule has 2 aromatic rings. The van der Waals surface area contributed by atoms with Gasteiger partial charge in [0, 0.05) is 12.4 Å². The minimum Gasteiger partial charge on any atom is -0.368 e. The summed E-state index contributed by atoms with van der Waals surface area (Å²) in [5.41, 5.74) is 6.91. The Morgan fingerprint density at radius 2 is 1.69 bits per heavy atom. The maximum atomic E-state index is 14.1. The smallest absolute Gasteiger partial charge is 0.368 e. The Morgan fingerprint density at radius 1 is 1.14 bits per heavy atom. The summed E-state index contributed by atoms with van der Waals surface area (Å²) in [5, 5.41) is 9.14. The molecule has 0 saturated carbocycles. The predicted octanol–water partition coefficient (Wildman–Crippen LogP) is 4.08. The summed E-state index contributed by atoms with van der Waals surface area (Å²) >= 11 is 0. The second kappa shape index (κ2) is 9.52. The van der Waals surface area contributed by atoms with Gasteiger partial charge in [0.2, 0.25) is 5.91 Å². The third-order valence-electron chi connectivity index (χ3n) is 4.56. The molecule has 1 amide bonds. The number of nitrogens with zero attached hydrogens (tertiary/aromatic N) is 3. The fourth-order valence-electron chi connectivity index (χ4n) is 3.30. The van der Waals surface area contributed by atoms with Crippen molar-refractivity contribution in [3.63, 3.8) is 0 Å². The van der Waals surface area contributed by atoms with Crippen LogP contribution in [0.5, 0.6) is 0 Å². The molecule has 1 heterocycles. The monoisotopic (exact) mass is 404 g/mol. The number of nitrogens with two attached hydrogens (primary N) is 1. The number of amides is 1. The first kappa shape index (κ1) is 22.4. The Hall–Kier alpha value is -2.92. The Morgan fingerprint density at radius 3 is 2.14 bits per heavy atom. The van der Waals surface area contributed by atoms with Crippen molar-refractivity contribution in [2.45, 2.75) is 38.5 Å². The molecular formula is C21H23F3N4O. The fraction of sp³-hybridized carbons (Fsp3) is 0.381. The molecule has 2 N–H and O–H groups in total. The van der Waals surface area contributed by atoms with Crippen LogP contribution in [0, 0.1) is 17.2 Å². The standard InChI is InChI=1S/C21H23F3N4O/c1-14(2)13-18(20(26)29)28(12-9-25)19(21(22,23)24)17-5-3-15(4-6-17)16-7-10-27-11-8-16/h3-8,10-11,14,18-19H,12-13H2,1-2H3,(H2,26,29)/t18-,19+/m0/s1. The lowest BCUT2D eigenvalue weighted by Gasteiger charge is -2.37. The molecule has 154 valence electrons. The van der Waals surface area contributed by atoms with Crippen molar-refractivity contribution >= 4 is 5.91 Å². The van der Waals surface area contributed by atoms with Gasteiger partial charge in [-0.2, -0.15) is 18.4 Å². The number of carbonyl (C=O) groups excluding carboxylic acids is 1. The highest BCUT2D eigenvalue weighted by Crippen LogP contribution is 2.40. The summed E-state index contributed by atoms with van der Waals surface area (Å²) in [6.45, 7) is 3.00. The summed E-state index contributed by atoms with van der Waals surface area (Å²) < 4.78 is 42.2. The molecule has 5 nitrogen and oxygen atoms in total. The van der Waals surface area contributed by atoms with E-state index >= 15 is 0 Å². The van der Waals surface area contributed by atoms with E-state index < -0.39 is 30.7 Å². The van der Waals surface area contributed by atoms with E-state index in [4.69, 9.17) is 11.0 Å². The van der Waals surface area contributed by atoms with E-state index in [0.29, 0.717) is 0 Å². The van der Waals surface area contributed by atoms with Gasteiger partial charge in [-0.1, -0.05) is 38.1 Å². The van der Waals surface area contributed by atoms with E-state index in [0.717, 1.165) is 16.0 Å². The number of benzene rings is 1. The highest BCUT2D eigenvalue weighted by Gasteiger charge is 2.47. The summed E-state index contributed by atoms with van der Waals surface area (Å²) in [5.74, 6) is -0.951. The minimum atomic E-state index is -4.69. The molecule has 8 heteroatoms. The number of nitriles is 1. The largest absolute Gasteiger partial charge is 0.408 e. The average Bonchev–Trinajstić information content (AvgIpc) is 2.66. The Bertz CT molecular complexity index is 845. The highest BCUT2D eigenvalue weighted by molar-refractivity contribution is 5.80. The molecule has 1 aromatic carbocycles. The minimum absolute atomic E-state index is 0.0550. The number of hydrogen-bond acceptors (Lipinski definition) is 4. The van der Waals surface area contributed by atoms with E-state index in [1.165, 1.54) is 12.1 Å². The molecule has 0 radical (unpaired) electrons. The maximum Gasteiger partial charge on any atom is 0.408 e. The molecule has 0 aliphatic carbocycles. The van der Waals surface area contributed by atoms with Gasteiger partial charge in [-0.3, -0.25) is 14.7 Å². The lowest BCUT2D eigenvalue weighted by atomic mass is 9.95. The Kier molecular flexibility index (Phi) is 7.35. The van der Waals surface area contributed by atoms with Crippen LogP contribution in [0.4, 0.5) is 13.2 Å². The molecule has 2 rings (SSSR count). The van der Waals surface area contributed by atoms with Gasteiger partial charge in [0.1, 0.15) is 6.04 Å². The number of pyridine rings is 1. The third kappa shape index (κ3) is 5.78. The molecule has 0 saturated heterocycles. The fourth-order valence-corrected chi connectivity index (χ4v) is 3.30. The average molecular weight is 404 g/mol. The second-order valence-corrected chi connectivity index (χ2v) is 7.18. The van der Waals surface area contributed by atoms with Crippen molar-refractivity contribution in [1.82, 2.24) is 9.88 Å². The first-order valence-electron chi connectivity index (χ1n) is 9.14. The normalized spacial score (nSPS) is 13.9. The van der Waals surface area contributed by atoms with Crippen molar-refractivity contribution < 1.29 is 18.0 Å². The van der Waals surface area contributed by atoms with Crippen LogP contribution < -0.4 is 5.73 Å². The number of halogens is 3. The second-order valence-electron chi connectivity index (χ2n) is 7.18. The Labute approximate surface area is 168 Å². The molecule has 0 unspecified atom stereocenters. The van der Waals surface area contributed by atoms with Crippen LogP contribution in [-0.2, 0) is 4.79 Å². The van der Waals surface area contributed by atoms with Gasteiger partial charge in [0.15, 0.2) is 0 Å². The van der Waals surface area contributed by atoms with Gasteiger partial charge in [-0.15, -0.1) is 0 Å². The maximum absolute atomic E-state index is 14.1. The van der Waals surface area contributed by atoms with Gasteiger partial charge in [-0.25, -0.2) is 0 Å². The first-order chi connectivity index (χ1) is 13.6. The number of carbonyl (C=O) groups is 1. The predicted molar refractivity (Wildman–Crippen MR) is 103 cm³/mol. The quantitative estimate of drug-likeness (QED) is 0.672. The molecule has 0 spiro atoms. The zero-order chi connectivity index (χ0) is 21.6. The van der Waals surface area contributed by atoms with Crippen LogP contribution in [0.3, 0.4) is 0 Å². The third-order valence-corrected chi connectivity index (χ3v) is 4.56. The first-order valence-corrected chi connectivity index (χ1v) is 9.14. The van der Waals surface area contributed by atoms with Gasteiger partial charge in [0.05, 0.1) is 18.7 Å². The van der Waals surface area contributed by atoms with Gasteiger partial charge in [0.25, 0.3) is 0 Å². The number of aromatic nitrogens is 1. The lowest BCUT2D eigenvalue weighted by Crippen LogP contribution is -2.51. The molecule has 2 atom stereocenters. The van der Waals surface area contributed by atoms with Crippen molar-refractivity contribution in [3.8, 4) is 17.2 Å². The molecule has 0 aliphatic rings. The van der Waals surface area contributed by atoms with Crippen LogP contribution in [0.15, 0.2) is 48.8 Å². The van der Waals surface area contributed by atoms with E-state index in [-0.39, 0.29) is 17.9 Å². The molecule has 0 bridgehead atoms. The summed E-state index contributed by atoms with van der Waals surface area (Å²) in [7, 11) is 0. The molecular weight excluding hydrogens is 381 g/mol. The van der Waals surface area contributed by atoms with Crippen molar-refractivity contribution in [3.05, 3.63) is 54.4 Å². The van der Waals surface area contributed by atoms with Gasteiger partial charge < -0.3 is 5.73 Å². The topological polar surface area (TPSA) is 83.0 Å². The molecule has 0 aliphatic heterocycles. The van der Waals surface area contributed by atoms with E-state index in [2.05, 4.69) is 4.98 Å². The van der Waals surface area contributed by atoms with E-state index in [1.807, 2.05) is 0 Å². The zero-order valence-electron chi connectivity index (χ0n) is 16.2. The van der Waals surface area contributed by atoms with Crippen LogP contribution in [0.25, 0.3) is 11.1 Å². The number of alkyl halides is 3. The van der Waals surface area contributed by atoms with E-state index in [9.17, 15) is 18.0 Å². The van der Waals surface area contributed by atoms with E-state index in [1.54, 1.807) is 56.6 Å². The number of primary amides is 1. The van der Waals surface area contributed by atoms with Crippen molar-refractivity contribution in [2.75, 3.05) is 6.54 Å². The summed E-state index contributed by atoms with van der Waals surface area (Å²) in [4.78, 5) is 16.7. The van der Waals surface area contributed by atoms with Gasteiger partial charge >= 0.3 is 6.18 Å². The van der Waals surface area contributed by atoms with Crippen LogP contribution in [0.1, 0.15) is 31.9 Å². The molecule has 29 heavy (non-hydrogen) atoms. The molecule has 1 aromatic heterocycles. The number of hydrogen-bond donors (Lipinski definition) is 1. The lowest BCUT2D eigenvalue weighted by molar-refractivity contribution is -0.192. The van der Waals surface area contributed by atoms with Crippen LogP contribution >= 0.6 is 0 Å². The Balaban J connectivity index is 2.48. The molecule has 0 fully saturated rings. The number of rotatable bonds is 8. The zero-order valence-corrected chi connectivity index (χ0v) is 16.2. The summed E-state index contributed by atoms with van der Waals surface area (Å²) in [6, 6.07) is 7.82. The summed E-state index contributed by atoms with van der Waals surface area (Å²) in [6.07, 6.45) is -1.38. The van der Waals surface area contributed by atoms with Crippen LogP contribution in [-0.4, -0.2) is 34.6 Å².